The maximum Gasteiger partial charge on any atom is 0.271 e. The monoisotopic (exact) mass is 558 g/mol. The molecule has 5 nitrogen and oxygen atoms in total. The van der Waals surface area contributed by atoms with Crippen LogP contribution in [0, 0.1) is 0 Å². The highest BCUT2D eigenvalue weighted by molar-refractivity contribution is 9.10. The van der Waals surface area contributed by atoms with Crippen LogP contribution in [0.3, 0.4) is 0 Å². The molecule has 1 atom stereocenters. The van der Waals surface area contributed by atoms with E-state index >= 15 is 0 Å². The fourth-order valence-corrected chi connectivity index (χ4v) is 6.67. The molecule has 36 heavy (non-hydrogen) atoms. The number of ether oxygens (including phenoxy) is 2. The third-order valence-electron chi connectivity index (χ3n) is 6.78. The van der Waals surface area contributed by atoms with Crippen molar-refractivity contribution < 1.29 is 9.47 Å². The highest BCUT2D eigenvalue weighted by Crippen LogP contribution is 2.43. The lowest BCUT2D eigenvalue weighted by Gasteiger charge is -2.31. The van der Waals surface area contributed by atoms with Gasteiger partial charge in [-0.05, 0) is 69.7 Å². The van der Waals surface area contributed by atoms with Gasteiger partial charge in [0.05, 0.1) is 35.0 Å². The number of allylic oxidation sites excluding steroid dienone is 1. The maximum atomic E-state index is 13.9. The summed E-state index contributed by atoms with van der Waals surface area (Å²) >= 11 is 4.97. The van der Waals surface area contributed by atoms with Gasteiger partial charge in [0.2, 0.25) is 0 Å². The number of fused-ring (bicyclic) bond motifs is 3. The topological polar surface area (TPSA) is 52.8 Å². The fourth-order valence-electron chi connectivity index (χ4n) is 5.12. The Morgan fingerprint density at radius 1 is 1.00 bits per heavy atom. The summed E-state index contributed by atoms with van der Waals surface area (Å²) in [5.41, 5.74) is 6.41. The molecule has 6 rings (SSSR count). The number of halogens is 1. The van der Waals surface area contributed by atoms with Crippen LogP contribution in [0.4, 0.5) is 0 Å². The molecule has 0 N–H and O–H groups in total. The SMILES string of the molecule is COc1ccc(/C=c2\sc3n(c2=O)[C@H](c2ccccc2OC)C2=C(N=3)c3ccccc3CC2)cc1Br. The number of hydrogen-bond donors (Lipinski definition) is 0. The van der Waals surface area contributed by atoms with Gasteiger partial charge in [-0.2, -0.15) is 0 Å². The average Bonchev–Trinajstić information content (AvgIpc) is 3.21. The summed E-state index contributed by atoms with van der Waals surface area (Å²) in [6.45, 7) is 0. The Morgan fingerprint density at radius 2 is 1.78 bits per heavy atom. The molecular formula is C29H23BrN2O3S. The van der Waals surface area contributed by atoms with E-state index in [1.165, 1.54) is 16.9 Å². The van der Waals surface area contributed by atoms with Gasteiger partial charge < -0.3 is 9.47 Å². The van der Waals surface area contributed by atoms with E-state index in [4.69, 9.17) is 14.5 Å². The predicted molar refractivity (Wildman–Crippen MR) is 146 cm³/mol. The number of benzene rings is 3. The number of para-hydroxylation sites is 1. The molecule has 0 saturated heterocycles. The van der Waals surface area contributed by atoms with E-state index in [-0.39, 0.29) is 11.6 Å². The van der Waals surface area contributed by atoms with Crippen molar-refractivity contribution in [2.24, 2.45) is 4.99 Å². The van der Waals surface area contributed by atoms with Crippen LogP contribution < -0.4 is 24.4 Å². The number of rotatable bonds is 4. The standard InChI is InChI=1S/C29H23BrN2O3S/c1-34-23-10-6-5-9-20(23)27-21-13-12-18-7-3-4-8-19(18)26(21)31-29-32(27)28(33)25(36-29)16-17-11-14-24(35-2)22(30)15-17/h3-11,14-16,27H,12-13H2,1-2H3/b25-16-/t27-/m1/s1. The van der Waals surface area contributed by atoms with Crippen molar-refractivity contribution >= 4 is 39.0 Å². The zero-order chi connectivity index (χ0) is 24.8. The van der Waals surface area contributed by atoms with E-state index in [0.717, 1.165) is 56.8 Å². The summed E-state index contributed by atoms with van der Waals surface area (Å²) in [5.74, 6) is 1.51. The van der Waals surface area contributed by atoms with Crippen molar-refractivity contribution in [3.8, 4) is 11.5 Å². The number of methoxy groups -OCH3 is 2. The molecule has 0 saturated carbocycles. The first-order chi connectivity index (χ1) is 17.6. The van der Waals surface area contributed by atoms with Crippen LogP contribution >= 0.6 is 27.3 Å². The molecular weight excluding hydrogens is 536 g/mol. The molecule has 1 aliphatic heterocycles. The Morgan fingerprint density at radius 3 is 2.58 bits per heavy atom. The minimum absolute atomic E-state index is 0.0491. The van der Waals surface area contributed by atoms with Gasteiger partial charge >= 0.3 is 0 Å². The van der Waals surface area contributed by atoms with Gasteiger partial charge in [0.25, 0.3) is 5.56 Å². The van der Waals surface area contributed by atoms with E-state index < -0.39 is 0 Å². The summed E-state index contributed by atoms with van der Waals surface area (Å²) in [7, 11) is 3.31. The number of nitrogens with zero attached hydrogens (tertiary/aromatic N) is 2. The van der Waals surface area contributed by atoms with Crippen LogP contribution in [0.2, 0.25) is 0 Å². The van der Waals surface area contributed by atoms with Crippen LogP contribution in [0.25, 0.3) is 11.8 Å². The van der Waals surface area contributed by atoms with Crippen LogP contribution in [0.5, 0.6) is 11.5 Å². The van der Waals surface area contributed by atoms with E-state index in [9.17, 15) is 4.79 Å². The first-order valence-electron chi connectivity index (χ1n) is 11.7. The van der Waals surface area contributed by atoms with Gasteiger partial charge in [0.1, 0.15) is 11.5 Å². The molecule has 0 amide bonds. The van der Waals surface area contributed by atoms with Gasteiger partial charge in [0, 0.05) is 11.1 Å². The predicted octanol–water partition coefficient (Wildman–Crippen LogP) is 5.10. The van der Waals surface area contributed by atoms with Crippen molar-refractivity contribution in [3.05, 3.63) is 119 Å². The van der Waals surface area contributed by atoms with E-state index in [0.29, 0.717) is 9.33 Å². The van der Waals surface area contributed by atoms with Gasteiger partial charge in [-0.15, -0.1) is 0 Å². The molecule has 0 fully saturated rings. The number of aryl methyl sites for hydroxylation is 1. The molecule has 0 bridgehead atoms. The third kappa shape index (κ3) is 3.74. The Hall–Kier alpha value is -3.42. The summed E-state index contributed by atoms with van der Waals surface area (Å²) < 4.78 is 14.4. The largest absolute Gasteiger partial charge is 0.496 e. The first-order valence-corrected chi connectivity index (χ1v) is 13.3. The van der Waals surface area contributed by atoms with E-state index in [1.54, 1.807) is 14.2 Å². The Balaban J connectivity index is 1.62. The second kappa shape index (κ2) is 9.22. The normalized spacial score (nSPS) is 16.6. The Kier molecular flexibility index (Phi) is 5.90. The van der Waals surface area contributed by atoms with Crippen molar-refractivity contribution in [3.63, 3.8) is 0 Å². The number of hydrogen-bond acceptors (Lipinski definition) is 5. The van der Waals surface area contributed by atoms with Crippen molar-refractivity contribution in [1.82, 2.24) is 4.57 Å². The minimum atomic E-state index is -0.273. The molecule has 3 aromatic carbocycles. The second-order valence-corrected chi connectivity index (χ2v) is 10.6. The lowest BCUT2D eigenvalue weighted by atomic mass is 9.83. The average molecular weight is 559 g/mol. The van der Waals surface area contributed by atoms with Crippen molar-refractivity contribution in [2.45, 2.75) is 18.9 Å². The van der Waals surface area contributed by atoms with Gasteiger partial charge in [0.15, 0.2) is 4.80 Å². The van der Waals surface area contributed by atoms with Gasteiger partial charge in [-0.1, -0.05) is 59.9 Å². The summed E-state index contributed by atoms with van der Waals surface area (Å²) in [4.78, 5) is 19.7. The number of thiazole rings is 1. The zero-order valence-electron chi connectivity index (χ0n) is 19.8. The molecule has 0 spiro atoms. The fraction of sp³-hybridized carbons (Fsp3) is 0.172. The summed E-state index contributed by atoms with van der Waals surface area (Å²) in [5, 5.41) is 0. The first kappa shape index (κ1) is 23.0. The molecule has 7 heteroatoms. The molecule has 2 heterocycles. The zero-order valence-corrected chi connectivity index (χ0v) is 22.2. The molecule has 0 radical (unpaired) electrons. The van der Waals surface area contributed by atoms with Crippen LogP contribution in [0.15, 0.2) is 86.6 Å². The molecule has 1 aromatic heterocycles. The molecule has 180 valence electrons. The smallest absolute Gasteiger partial charge is 0.271 e. The quantitative estimate of drug-likeness (QED) is 0.350. The molecule has 4 aromatic rings. The van der Waals surface area contributed by atoms with Crippen LogP contribution in [-0.2, 0) is 6.42 Å². The summed E-state index contributed by atoms with van der Waals surface area (Å²) in [6.07, 6.45) is 3.68. The van der Waals surface area contributed by atoms with E-state index in [1.807, 2.05) is 47.0 Å². The van der Waals surface area contributed by atoms with Crippen LogP contribution in [0.1, 0.15) is 34.7 Å². The van der Waals surface area contributed by atoms with E-state index in [2.05, 4.69) is 46.3 Å². The minimum Gasteiger partial charge on any atom is -0.496 e. The second-order valence-electron chi connectivity index (χ2n) is 8.75. The van der Waals surface area contributed by atoms with Gasteiger partial charge in [-0.25, -0.2) is 4.99 Å². The number of aromatic nitrogens is 1. The van der Waals surface area contributed by atoms with Crippen LogP contribution in [-0.4, -0.2) is 18.8 Å². The highest BCUT2D eigenvalue weighted by Gasteiger charge is 2.33. The van der Waals surface area contributed by atoms with Gasteiger partial charge in [-0.3, -0.25) is 9.36 Å². The highest BCUT2D eigenvalue weighted by atomic mass is 79.9. The lowest BCUT2D eigenvalue weighted by Crippen LogP contribution is -2.39. The van der Waals surface area contributed by atoms with Crippen molar-refractivity contribution in [1.29, 1.82) is 0 Å². The maximum absolute atomic E-state index is 13.9. The molecule has 0 unspecified atom stereocenters. The molecule has 2 aliphatic rings. The Bertz CT molecular complexity index is 1720. The van der Waals surface area contributed by atoms with Crippen molar-refractivity contribution in [2.75, 3.05) is 14.2 Å². The Labute approximate surface area is 220 Å². The lowest BCUT2D eigenvalue weighted by molar-refractivity contribution is 0.402. The molecule has 1 aliphatic carbocycles. The summed E-state index contributed by atoms with van der Waals surface area (Å²) in [6, 6.07) is 21.9. The third-order valence-corrected chi connectivity index (χ3v) is 8.38.